The van der Waals surface area contributed by atoms with E-state index in [1.807, 2.05) is 19.2 Å². The SMILES string of the molecule is CC(C)CO[C@H](C)c1noc(CN2CCC[C@H]2c2ccc(Br)cn2)n1. The van der Waals surface area contributed by atoms with Crippen molar-refractivity contribution in [2.75, 3.05) is 13.2 Å². The molecule has 0 unspecified atom stereocenters. The number of halogens is 1. The Morgan fingerprint density at radius 3 is 2.92 bits per heavy atom. The normalized spacial score (nSPS) is 19.6. The van der Waals surface area contributed by atoms with Gasteiger partial charge in [0.1, 0.15) is 6.10 Å². The van der Waals surface area contributed by atoms with E-state index >= 15 is 0 Å². The lowest BCUT2D eigenvalue weighted by molar-refractivity contribution is 0.0402. The highest BCUT2D eigenvalue weighted by Crippen LogP contribution is 2.32. The van der Waals surface area contributed by atoms with Crippen LogP contribution in [0.5, 0.6) is 0 Å². The summed E-state index contributed by atoms with van der Waals surface area (Å²) in [5, 5.41) is 4.09. The number of ether oxygens (including phenoxy) is 1. The van der Waals surface area contributed by atoms with Gasteiger partial charge in [0.15, 0.2) is 5.82 Å². The van der Waals surface area contributed by atoms with Gasteiger partial charge in [-0.3, -0.25) is 9.88 Å². The van der Waals surface area contributed by atoms with Gasteiger partial charge in [-0.25, -0.2) is 0 Å². The lowest BCUT2D eigenvalue weighted by atomic mass is 10.1. The molecule has 7 heteroatoms. The number of aromatic nitrogens is 3. The maximum absolute atomic E-state index is 5.76. The van der Waals surface area contributed by atoms with Gasteiger partial charge in [-0.15, -0.1) is 0 Å². The molecule has 0 aliphatic carbocycles. The second-order valence-electron chi connectivity index (χ2n) is 6.95. The molecule has 25 heavy (non-hydrogen) atoms. The van der Waals surface area contributed by atoms with Crippen LogP contribution in [-0.2, 0) is 11.3 Å². The second-order valence-corrected chi connectivity index (χ2v) is 7.86. The van der Waals surface area contributed by atoms with Gasteiger partial charge >= 0.3 is 0 Å². The molecule has 0 N–H and O–H groups in total. The summed E-state index contributed by atoms with van der Waals surface area (Å²) in [6.45, 7) is 8.55. The van der Waals surface area contributed by atoms with Gasteiger partial charge in [0.05, 0.1) is 18.3 Å². The third-order valence-corrected chi connectivity index (χ3v) is 4.79. The first-order valence-electron chi connectivity index (χ1n) is 8.82. The molecule has 3 heterocycles. The Morgan fingerprint density at radius 1 is 1.36 bits per heavy atom. The molecule has 2 aromatic rings. The first kappa shape index (κ1) is 18.5. The van der Waals surface area contributed by atoms with Crippen molar-refractivity contribution < 1.29 is 9.26 Å². The Hall–Kier alpha value is -1.31. The minimum absolute atomic E-state index is 0.151. The molecule has 136 valence electrons. The van der Waals surface area contributed by atoms with Crippen LogP contribution in [0.15, 0.2) is 27.3 Å². The molecule has 2 atom stereocenters. The van der Waals surface area contributed by atoms with Crippen LogP contribution in [0.25, 0.3) is 0 Å². The average molecular weight is 409 g/mol. The van der Waals surface area contributed by atoms with Crippen LogP contribution in [0.1, 0.15) is 63.2 Å². The maximum Gasteiger partial charge on any atom is 0.240 e. The van der Waals surface area contributed by atoms with Gasteiger partial charge < -0.3 is 9.26 Å². The molecular formula is C18H25BrN4O2. The van der Waals surface area contributed by atoms with Gasteiger partial charge in [0, 0.05) is 17.3 Å². The zero-order chi connectivity index (χ0) is 17.8. The van der Waals surface area contributed by atoms with E-state index in [0.717, 1.165) is 29.6 Å². The molecular weight excluding hydrogens is 384 g/mol. The fourth-order valence-corrected chi connectivity index (χ4v) is 3.25. The quantitative estimate of drug-likeness (QED) is 0.680. The van der Waals surface area contributed by atoms with E-state index in [4.69, 9.17) is 9.26 Å². The molecule has 0 spiro atoms. The highest BCUT2D eigenvalue weighted by Gasteiger charge is 2.28. The Bertz CT molecular complexity index is 674. The molecule has 6 nitrogen and oxygen atoms in total. The lowest BCUT2D eigenvalue weighted by Gasteiger charge is -2.22. The fourth-order valence-electron chi connectivity index (χ4n) is 3.02. The summed E-state index contributed by atoms with van der Waals surface area (Å²) >= 11 is 3.44. The van der Waals surface area contributed by atoms with Crippen LogP contribution in [0.3, 0.4) is 0 Å². The van der Waals surface area contributed by atoms with Gasteiger partial charge in [0.25, 0.3) is 0 Å². The molecule has 0 bridgehead atoms. The predicted molar refractivity (Wildman–Crippen MR) is 97.8 cm³/mol. The number of pyridine rings is 1. The van der Waals surface area contributed by atoms with E-state index in [2.05, 4.69) is 55.9 Å². The second kappa shape index (κ2) is 8.38. The van der Waals surface area contributed by atoms with Crippen molar-refractivity contribution in [3.63, 3.8) is 0 Å². The minimum Gasteiger partial charge on any atom is -0.370 e. The molecule has 0 aromatic carbocycles. The molecule has 0 amide bonds. The van der Waals surface area contributed by atoms with Gasteiger partial charge in [-0.05, 0) is 60.3 Å². The first-order chi connectivity index (χ1) is 12.0. The number of rotatable bonds is 7. The maximum atomic E-state index is 5.76. The van der Waals surface area contributed by atoms with Crippen molar-refractivity contribution in [3.05, 3.63) is 40.2 Å². The van der Waals surface area contributed by atoms with Gasteiger partial charge in [0.2, 0.25) is 5.89 Å². The van der Waals surface area contributed by atoms with E-state index in [1.54, 1.807) is 0 Å². The molecule has 1 fully saturated rings. The number of likely N-dealkylation sites (tertiary alicyclic amines) is 1. The molecule has 1 aliphatic heterocycles. The number of nitrogens with zero attached hydrogens (tertiary/aromatic N) is 4. The summed E-state index contributed by atoms with van der Waals surface area (Å²) in [6.07, 6.45) is 3.95. The molecule has 0 saturated carbocycles. The topological polar surface area (TPSA) is 64.3 Å². The van der Waals surface area contributed by atoms with Crippen LogP contribution >= 0.6 is 15.9 Å². The first-order valence-corrected chi connectivity index (χ1v) is 9.62. The standard InChI is InChI=1S/C18H25BrN4O2/c1-12(2)11-24-13(3)18-21-17(25-22-18)10-23-8-4-5-16(23)15-7-6-14(19)9-20-15/h6-7,9,12-13,16H,4-5,8,10-11H2,1-3H3/t13-,16+/m1/s1. The summed E-state index contributed by atoms with van der Waals surface area (Å²) in [5.74, 6) is 1.74. The van der Waals surface area contributed by atoms with E-state index in [1.165, 1.54) is 0 Å². The van der Waals surface area contributed by atoms with Crippen molar-refractivity contribution in [2.45, 2.75) is 52.3 Å². The van der Waals surface area contributed by atoms with E-state index < -0.39 is 0 Å². The van der Waals surface area contributed by atoms with Crippen molar-refractivity contribution in [1.82, 2.24) is 20.0 Å². The Labute approximate surface area is 157 Å². The third-order valence-electron chi connectivity index (χ3n) is 4.32. The van der Waals surface area contributed by atoms with Crippen LogP contribution in [0.2, 0.25) is 0 Å². The number of hydrogen-bond acceptors (Lipinski definition) is 6. The van der Waals surface area contributed by atoms with Crippen LogP contribution < -0.4 is 0 Å². The highest BCUT2D eigenvalue weighted by molar-refractivity contribution is 9.10. The molecule has 0 radical (unpaired) electrons. The zero-order valence-corrected chi connectivity index (χ0v) is 16.6. The predicted octanol–water partition coefficient (Wildman–Crippen LogP) is 4.30. The Balaban J connectivity index is 1.62. The summed E-state index contributed by atoms with van der Waals surface area (Å²) in [4.78, 5) is 11.4. The summed E-state index contributed by atoms with van der Waals surface area (Å²) < 4.78 is 12.2. The van der Waals surface area contributed by atoms with E-state index in [9.17, 15) is 0 Å². The average Bonchev–Trinajstić information content (AvgIpc) is 3.23. The lowest BCUT2D eigenvalue weighted by Crippen LogP contribution is -2.23. The largest absolute Gasteiger partial charge is 0.370 e. The van der Waals surface area contributed by atoms with Crippen LogP contribution in [0, 0.1) is 5.92 Å². The Kier molecular flexibility index (Phi) is 6.19. The van der Waals surface area contributed by atoms with Crippen molar-refractivity contribution >= 4 is 15.9 Å². The van der Waals surface area contributed by atoms with Crippen molar-refractivity contribution in [2.24, 2.45) is 5.92 Å². The van der Waals surface area contributed by atoms with Gasteiger partial charge in [-0.1, -0.05) is 19.0 Å². The minimum atomic E-state index is -0.151. The molecule has 2 aromatic heterocycles. The molecule has 3 rings (SSSR count). The van der Waals surface area contributed by atoms with Crippen LogP contribution in [-0.4, -0.2) is 33.2 Å². The highest BCUT2D eigenvalue weighted by atomic mass is 79.9. The van der Waals surface area contributed by atoms with Crippen LogP contribution in [0.4, 0.5) is 0 Å². The summed E-state index contributed by atoms with van der Waals surface area (Å²) in [5.41, 5.74) is 1.09. The summed E-state index contributed by atoms with van der Waals surface area (Å²) in [6, 6.07) is 4.42. The van der Waals surface area contributed by atoms with Gasteiger partial charge in [-0.2, -0.15) is 4.98 Å². The van der Waals surface area contributed by atoms with E-state index in [-0.39, 0.29) is 6.10 Å². The Morgan fingerprint density at radius 2 is 2.20 bits per heavy atom. The van der Waals surface area contributed by atoms with E-state index in [0.29, 0.717) is 36.8 Å². The smallest absolute Gasteiger partial charge is 0.240 e. The molecule has 1 aliphatic rings. The van der Waals surface area contributed by atoms with Crippen molar-refractivity contribution in [1.29, 1.82) is 0 Å². The molecule has 1 saturated heterocycles. The summed E-state index contributed by atoms with van der Waals surface area (Å²) in [7, 11) is 0. The third kappa shape index (κ3) is 4.86. The monoisotopic (exact) mass is 408 g/mol. The fraction of sp³-hybridized carbons (Fsp3) is 0.611. The van der Waals surface area contributed by atoms with Crippen molar-refractivity contribution in [3.8, 4) is 0 Å². The number of hydrogen-bond donors (Lipinski definition) is 0. The zero-order valence-electron chi connectivity index (χ0n) is 15.0.